The molecule has 0 N–H and O–H groups in total. The van der Waals surface area contributed by atoms with E-state index in [9.17, 15) is 4.79 Å². The Morgan fingerprint density at radius 1 is 1.60 bits per heavy atom. The van der Waals surface area contributed by atoms with Gasteiger partial charge in [-0.05, 0) is 18.5 Å². The summed E-state index contributed by atoms with van der Waals surface area (Å²) in [6, 6.07) is 0. The smallest absolute Gasteiger partial charge is 0.384 e. The van der Waals surface area contributed by atoms with Crippen LogP contribution in [-0.2, 0) is 9.53 Å². The highest BCUT2D eigenvalue weighted by atomic mass is 35.5. The summed E-state index contributed by atoms with van der Waals surface area (Å²) in [7, 11) is 0. The van der Waals surface area contributed by atoms with E-state index >= 15 is 0 Å². The molecule has 0 bridgehead atoms. The van der Waals surface area contributed by atoms with Gasteiger partial charge in [0.1, 0.15) is 5.15 Å². The van der Waals surface area contributed by atoms with E-state index in [0.717, 1.165) is 0 Å². The van der Waals surface area contributed by atoms with Gasteiger partial charge in [0.25, 0.3) is 0 Å². The Balaban J connectivity index is 2.84. The fraction of sp³-hybridized carbons (Fsp3) is 0.222. The average molecular weight is 245 g/mol. The first-order chi connectivity index (χ1) is 7.13. The first kappa shape index (κ1) is 11.8. The van der Waals surface area contributed by atoms with Crippen molar-refractivity contribution in [3.8, 4) is 11.8 Å². The molecule has 1 aromatic rings. The van der Waals surface area contributed by atoms with E-state index in [1.54, 1.807) is 6.92 Å². The number of hydrogen-bond donors (Lipinski definition) is 0. The predicted molar refractivity (Wildman–Crippen MR) is 55.6 cm³/mol. The van der Waals surface area contributed by atoms with Gasteiger partial charge in [0.15, 0.2) is 0 Å². The Morgan fingerprint density at radius 3 is 2.93 bits per heavy atom. The molecule has 0 aliphatic carbocycles. The molecule has 0 amide bonds. The zero-order chi connectivity index (χ0) is 11.3. The zero-order valence-electron chi connectivity index (χ0n) is 7.75. The molecule has 0 unspecified atom stereocenters. The Labute approximate surface area is 96.6 Å². The van der Waals surface area contributed by atoms with E-state index in [0.29, 0.717) is 5.56 Å². The Kier molecular flexibility index (Phi) is 4.35. The summed E-state index contributed by atoms with van der Waals surface area (Å²) in [4.78, 5) is 18.2. The van der Waals surface area contributed by atoms with Crippen molar-refractivity contribution in [3.63, 3.8) is 0 Å². The van der Waals surface area contributed by atoms with E-state index in [1.807, 2.05) is 0 Å². The summed E-state index contributed by atoms with van der Waals surface area (Å²) in [5.74, 6) is 4.10. The summed E-state index contributed by atoms with van der Waals surface area (Å²) in [6.07, 6.45) is 1.34. The van der Waals surface area contributed by atoms with Gasteiger partial charge in [0, 0.05) is 12.1 Å². The zero-order valence-corrected chi connectivity index (χ0v) is 9.26. The van der Waals surface area contributed by atoms with Crippen molar-refractivity contribution in [3.05, 3.63) is 22.2 Å². The molecule has 0 spiro atoms. The molecule has 0 aromatic carbocycles. The van der Waals surface area contributed by atoms with Gasteiger partial charge in [-0.3, -0.25) is 0 Å². The van der Waals surface area contributed by atoms with Crippen LogP contribution in [0.5, 0.6) is 0 Å². The number of aromatic nitrogens is 2. The van der Waals surface area contributed by atoms with Gasteiger partial charge < -0.3 is 4.74 Å². The molecule has 4 nitrogen and oxygen atoms in total. The number of nitrogens with zero attached hydrogens (tertiary/aromatic N) is 2. The number of esters is 1. The number of rotatable bonds is 1. The van der Waals surface area contributed by atoms with Crippen LogP contribution in [0.3, 0.4) is 0 Å². The highest BCUT2D eigenvalue weighted by molar-refractivity contribution is 6.32. The maximum Gasteiger partial charge on any atom is 0.384 e. The predicted octanol–water partition coefficient (Wildman–Crippen LogP) is 1.70. The number of hydrogen-bond acceptors (Lipinski definition) is 4. The molecule has 0 aliphatic heterocycles. The Hall–Kier alpha value is -1.31. The summed E-state index contributed by atoms with van der Waals surface area (Å²) < 4.78 is 4.60. The SMILES string of the molecule is CCOC(=O)C#Cc1cnc(Cl)nc1Cl. The standard InChI is InChI=1S/C9H6Cl2N2O2/c1-2-15-7(14)4-3-6-5-12-9(11)13-8(6)10/h5H,2H2,1H3. The van der Waals surface area contributed by atoms with E-state index in [4.69, 9.17) is 23.2 Å². The lowest BCUT2D eigenvalue weighted by atomic mass is 10.3. The van der Waals surface area contributed by atoms with Crippen molar-refractivity contribution >= 4 is 29.2 Å². The molecule has 0 saturated heterocycles. The van der Waals surface area contributed by atoms with Crippen LogP contribution >= 0.6 is 23.2 Å². The van der Waals surface area contributed by atoms with Gasteiger partial charge in [-0.2, -0.15) is 0 Å². The number of halogens is 2. The lowest BCUT2D eigenvalue weighted by Crippen LogP contribution is -1.99. The second kappa shape index (κ2) is 5.54. The maximum absolute atomic E-state index is 10.9. The fourth-order valence-corrected chi connectivity index (χ4v) is 1.06. The molecule has 0 atom stereocenters. The molecule has 0 aliphatic rings. The highest BCUT2D eigenvalue weighted by Crippen LogP contribution is 2.12. The van der Waals surface area contributed by atoms with Crippen LogP contribution in [0.2, 0.25) is 10.4 Å². The molecule has 6 heteroatoms. The molecule has 0 saturated carbocycles. The van der Waals surface area contributed by atoms with Crippen LogP contribution in [0.15, 0.2) is 6.20 Å². The molecule has 78 valence electrons. The van der Waals surface area contributed by atoms with Crippen LogP contribution < -0.4 is 0 Å². The third-order valence-electron chi connectivity index (χ3n) is 1.29. The molecule has 1 aromatic heterocycles. The Bertz CT molecular complexity index is 437. The summed E-state index contributed by atoms with van der Waals surface area (Å²) in [5, 5.41) is 0.133. The monoisotopic (exact) mass is 244 g/mol. The summed E-state index contributed by atoms with van der Waals surface area (Å²) in [5.41, 5.74) is 0.328. The van der Waals surface area contributed by atoms with E-state index in [2.05, 4.69) is 26.5 Å². The van der Waals surface area contributed by atoms with Crippen LogP contribution in [0.1, 0.15) is 12.5 Å². The maximum atomic E-state index is 10.9. The largest absolute Gasteiger partial charge is 0.456 e. The normalized spacial score (nSPS) is 9.00. The lowest BCUT2D eigenvalue weighted by molar-refractivity contribution is -0.136. The van der Waals surface area contributed by atoms with Gasteiger partial charge in [0.05, 0.1) is 12.2 Å². The van der Waals surface area contributed by atoms with E-state index in [1.165, 1.54) is 6.20 Å². The lowest BCUT2D eigenvalue weighted by Gasteiger charge is -1.94. The molecular formula is C9H6Cl2N2O2. The van der Waals surface area contributed by atoms with Crippen molar-refractivity contribution < 1.29 is 9.53 Å². The molecule has 0 radical (unpaired) electrons. The van der Waals surface area contributed by atoms with Crippen molar-refractivity contribution in [2.45, 2.75) is 6.92 Å². The number of carbonyl (C=O) groups is 1. The van der Waals surface area contributed by atoms with Gasteiger partial charge >= 0.3 is 5.97 Å². The van der Waals surface area contributed by atoms with Gasteiger partial charge in [0.2, 0.25) is 5.28 Å². The van der Waals surface area contributed by atoms with Gasteiger partial charge in [-0.15, -0.1) is 0 Å². The quantitative estimate of drug-likeness (QED) is 0.327. The van der Waals surface area contributed by atoms with Crippen LogP contribution in [-0.4, -0.2) is 22.5 Å². The summed E-state index contributed by atoms with van der Waals surface area (Å²) in [6.45, 7) is 1.97. The minimum atomic E-state index is -0.622. The minimum Gasteiger partial charge on any atom is -0.456 e. The summed E-state index contributed by atoms with van der Waals surface area (Å²) >= 11 is 11.2. The van der Waals surface area contributed by atoms with Crippen LogP contribution in [0.4, 0.5) is 0 Å². The Morgan fingerprint density at radius 2 is 2.33 bits per heavy atom. The second-order valence-corrected chi connectivity index (χ2v) is 3.01. The van der Waals surface area contributed by atoms with Crippen molar-refractivity contribution in [1.29, 1.82) is 0 Å². The molecular weight excluding hydrogens is 239 g/mol. The van der Waals surface area contributed by atoms with Crippen molar-refractivity contribution in [1.82, 2.24) is 9.97 Å². The molecule has 15 heavy (non-hydrogen) atoms. The van der Waals surface area contributed by atoms with E-state index in [-0.39, 0.29) is 17.0 Å². The van der Waals surface area contributed by atoms with Crippen molar-refractivity contribution in [2.24, 2.45) is 0 Å². The molecule has 1 rings (SSSR count). The third kappa shape index (κ3) is 3.74. The van der Waals surface area contributed by atoms with Crippen molar-refractivity contribution in [2.75, 3.05) is 6.61 Å². The minimum absolute atomic E-state index is 0.0293. The second-order valence-electron chi connectivity index (χ2n) is 2.31. The van der Waals surface area contributed by atoms with E-state index < -0.39 is 5.97 Å². The topological polar surface area (TPSA) is 52.1 Å². The highest BCUT2D eigenvalue weighted by Gasteiger charge is 2.01. The van der Waals surface area contributed by atoms with Crippen LogP contribution in [0, 0.1) is 11.8 Å². The number of ether oxygens (including phenoxy) is 1. The molecule has 1 heterocycles. The number of carbonyl (C=O) groups excluding carboxylic acids is 1. The molecule has 0 fully saturated rings. The first-order valence-corrected chi connectivity index (χ1v) is 4.76. The van der Waals surface area contributed by atoms with Gasteiger partial charge in [-0.25, -0.2) is 14.8 Å². The van der Waals surface area contributed by atoms with Gasteiger partial charge in [-0.1, -0.05) is 17.5 Å². The fourth-order valence-electron chi connectivity index (χ4n) is 0.711. The third-order valence-corrected chi connectivity index (χ3v) is 1.76. The first-order valence-electron chi connectivity index (χ1n) is 4.00. The van der Waals surface area contributed by atoms with Crippen LogP contribution in [0.25, 0.3) is 0 Å². The average Bonchev–Trinajstić information content (AvgIpc) is 2.17.